The molecule has 63 heavy (non-hydrogen) atoms. The average molecular weight is 1010 g/mol. The van der Waals surface area contributed by atoms with E-state index < -0.39 is 13.5 Å². The molecule has 0 bridgehead atoms. The molecule has 0 spiro atoms. The first kappa shape index (κ1) is 48.4. The van der Waals surface area contributed by atoms with Crippen molar-refractivity contribution in [2.24, 2.45) is 0 Å². The fourth-order valence-electron chi connectivity index (χ4n) is 11.4. The van der Waals surface area contributed by atoms with Gasteiger partial charge in [-0.1, -0.05) is 115 Å². The van der Waals surface area contributed by atoms with Crippen LogP contribution in [-0.4, -0.2) is 21.6 Å². The standard InChI is InChI=1S/C33H33N2.C18H33P.C5H4S.2ClH.Ru/c1-22-17-24(3)30(25(4)18-22)34-21-35(31-26(5)19-23(2)20-27(31)6)33(29-15-11-8-12-16-29)32(34)28-13-9-7-10-14-28;1-4-10-16(11-5-1)19(17-12-6-2-7-13-17)18-14-8-3-9-15-18;1-5-3-2-4-6-5;;;/h7-21H,1-6H3;16-18H,1-15H2;1-4H;2*1H;/q-1;;;;;+2/p-1. The zero-order valence-corrected chi connectivity index (χ0v) is 43.8. The first-order valence-electron chi connectivity index (χ1n) is 23.8. The number of hydrogen-bond donors (Lipinski definition) is 0. The molecule has 1 aliphatic heterocycles. The van der Waals surface area contributed by atoms with E-state index in [4.69, 9.17) is 19.4 Å². The second-order valence-electron chi connectivity index (χ2n) is 18.6. The second-order valence-corrected chi connectivity index (χ2v) is 28.8. The van der Waals surface area contributed by atoms with Gasteiger partial charge in [-0.3, -0.25) is 0 Å². The van der Waals surface area contributed by atoms with E-state index in [0.717, 1.165) is 0 Å². The summed E-state index contributed by atoms with van der Waals surface area (Å²) in [6.45, 7) is 15.5. The minimum atomic E-state index is -1.57. The third kappa shape index (κ3) is 12.7. The summed E-state index contributed by atoms with van der Waals surface area (Å²) in [7, 11) is 11.2. The number of rotatable bonds is 8. The van der Waals surface area contributed by atoms with E-state index in [0.29, 0.717) is 0 Å². The maximum atomic E-state index is 5.63. The molecule has 3 aliphatic carbocycles. The first-order valence-corrected chi connectivity index (χ1v) is 31.9. The van der Waals surface area contributed by atoms with Crippen molar-refractivity contribution >= 4 is 66.0 Å². The Morgan fingerprint density at radius 3 is 1.21 bits per heavy atom. The molecule has 3 fully saturated rings. The van der Waals surface area contributed by atoms with Crippen LogP contribution in [0.5, 0.6) is 0 Å². The van der Waals surface area contributed by atoms with Gasteiger partial charge in [-0.05, 0) is 152 Å². The van der Waals surface area contributed by atoms with Crippen molar-refractivity contribution < 1.29 is 13.5 Å². The normalized spacial score (nSPS) is 17.9. The molecule has 0 atom stereocenters. The van der Waals surface area contributed by atoms with Crippen LogP contribution in [0.1, 0.15) is 146 Å². The van der Waals surface area contributed by atoms with Crippen molar-refractivity contribution in [3.8, 4) is 0 Å². The molecular formula is C56H71Cl2N2PRuS. The van der Waals surface area contributed by atoms with Crippen molar-refractivity contribution in [1.82, 2.24) is 0 Å². The van der Waals surface area contributed by atoms with Crippen LogP contribution >= 0.6 is 38.6 Å². The molecule has 5 aromatic rings. The third-order valence-electron chi connectivity index (χ3n) is 13.7. The first-order chi connectivity index (χ1) is 30.6. The van der Waals surface area contributed by atoms with Crippen molar-refractivity contribution in [2.75, 3.05) is 9.80 Å². The summed E-state index contributed by atoms with van der Waals surface area (Å²) < 4.78 is 1.94. The zero-order chi connectivity index (χ0) is 44.3. The Bertz CT molecular complexity index is 2070. The van der Waals surface area contributed by atoms with Crippen LogP contribution in [0.15, 0.2) is 102 Å². The van der Waals surface area contributed by atoms with Gasteiger partial charge in [0.1, 0.15) is 0 Å². The Morgan fingerprint density at radius 2 is 0.889 bits per heavy atom. The third-order valence-corrected chi connectivity index (χ3v) is 21.3. The van der Waals surface area contributed by atoms with Gasteiger partial charge in [0.15, 0.2) is 0 Å². The molecule has 338 valence electrons. The van der Waals surface area contributed by atoms with Gasteiger partial charge in [0, 0.05) is 30.7 Å². The molecule has 1 aromatic heterocycles. The Kier molecular flexibility index (Phi) is 18.2. The minimum absolute atomic E-state index is 0.0465. The van der Waals surface area contributed by atoms with E-state index in [1.54, 1.807) is 108 Å². The topological polar surface area (TPSA) is 6.48 Å². The molecule has 9 rings (SSSR count). The van der Waals surface area contributed by atoms with E-state index in [1.807, 2.05) is 22.1 Å². The molecule has 2 heterocycles. The summed E-state index contributed by atoms with van der Waals surface area (Å²) in [5, 5.41) is 2.01. The summed E-state index contributed by atoms with van der Waals surface area (Å²) in [6, 6.07) is 34.7. The van der Waals surface area contributed by atoms with Crippen LogP contribution < -0.4 is 9.80 Å². The van der Waals surface area contributed by atoms with Gasteiger partial charge in [-0.25, -0.2) is 0 Å². The maximum absolute atomic E-state index is 5.63. The number of halogens is 2. The van der Waals surface area contributed by atoms with E-state index in [1.165, 1.54) is 89.1 Å². The van der Waals surface area contributed by atoms with Gasteiger partial charge >= 0.3 is 71.2 Å². The van der Waals surface area contributed by atoms with Crippen LogP contribution in [0.25, 0.3) is 11.4 Å². The van der Waals surface area contributed by atoms with E-state index >= 15 is 0 Å². The van der Waals surface area contributed by atoms with Crippen LogP contribution in [0.4, 0.5) is 11.4 Å². The Balaban J connectivity index is 0.000000176. The van der Waals surface area contributed by atoms with E-state index in [9.17, 15) is 0 Å². The summed E-state index contributed by atoms with van der Waals surface area (Å²) >= 11 is 0.0926. The second kappa shape index (κ2) is 23.7. The van der Waals surface area contributed by atoms with Crippen molar-refractivity contribution in [2.45, 2.75) is 155 Å². The van der Waals surface area contributed by atoms with Gasteiger partial charge in [0.2, 0.25) is 0 Å². The Morgan fingerprint density at radius 1 is 0.524 bits per heavy atom. The molecule has 4 aliphatic rings. The van der Waals surface area contributed by atoms with Crippen LogP contribution in [0, 0.1) is 48.2 Å². The Hall–Kier alpha value is -2.58. The quantitative estimate of drug-likeness (QED) is 0.0868. The summed E-state index contributed by atoms with van der Waals surface area (Å²) in [4.78, 5) is 5.99. The molecular weight excluding hydrogens is 936 g/mol. The number of hydrogen-bond acceptors (Lipinski definition) is 3. The summed E-state index contributed by atoms with van der Waals surface area (Å²) in [5.41, 5.74) is 18.7. The van der Waals surface area contributed by atoms with Gasteiger partial charge in [0.25, 0.3) is 0 Å². The van der Waals surface area contributed by atoms with Gasteiger partial charge < -0.3 is 9.80 Å². The number of anilines is 2. The average Bonchev–Trinajstić information content (AvgIpc) is 3.93. The van der Waals surface area contributed by atoms with Crippen molar-refractivity contribution in [1.29, 1.82) is 0 Å². The van der Waals surface area contributed by atoms with E-state index in [-0.39, 0.29) is 7.92 Å². The Labute approximate surface area is 399 Å². The van der Waals surface area contributed by atoms with Crippen molar-refractivity contribution in [3.05, 3.63) is 158 Å². The van der Waals surface area contributed by atoms with Crippen molar-refractivity contribution in [3.63, 3.8) is 0 Å². The monoisotopic (exact) mass is 1010 g/mol. The van der Waals surface area contributed by atoms with Crippen LogP contribution in [-0.2, 0) is 13.5 Å². The molecule has 2 nitrogen and oxygen atoms in total. The fraction of sp³-hybridized carbons (Fsp3) is 0.429. The molecule has 3 saturated carbocycles. The fourth-order valence-corrected chi connectivity index (χ4v) is 20.0. The van der Waals surface area contributed by atoms with Gasteiger partial charge in [-0.2, -0.15) is 0 Å². The van der Waals surface area contributed by atoms with Gasteiger partial charge in [0.05, 0.1) is 17.0 Å². The van der Waals surface area contributed by atoms with Crippen LogP contribution in [0.2, 0.25) is 0 Å². The number of thiophene rings is 1. The summed E-state index contributed by atoms with van der Waals surface area (Å²) in [6.07, 6.45) is 23.8. The van der Waals surface area contributed by atoms with Crippen LogP contribution in [0.3, 0.4) is 0 Å². The molecule has 0 radical (unpaired) electrons. The van der Waals surface area contributed by atoms with Gasteiger partial charge in [-0.15, -0.1) is 6.67 Å². The SMILES string of the molecule is C1CCC([PH+](C2CCCCC2)C2CCCCC2)CC1.Cc1cc(C)c(N2[CH-]N(c3c(C)cc(C)cc3C)C(c3ccccc3)=C2c2ccccc2)c(C)c1.[Cl][Ru]([Cl])=[CH]c1cccs1. The number of benzene rings is 4. The zero-order valence-electron chi connectivity index (χ0n) is 38.7. The molecule has 0 saturated heterocycles. The predicted octanol–water partition coefficient (Wildman–Crippen LogP) is 17.5. The molecule has 0 amide bonds. The number of aryl methyl sites for hydroxylation is 6. The summed E-state index contributed by atoms with van der Waals surface area (Å²) in [5.74, 6) is 0. The molecule has 0 unspecified atom stereocenters. The predicted molar refractivity (Wildman–Crippen MR) is 280 cm³/mol. The molecule has 4 aromatic carbocycles. The molecule has 0 N–H and O–H groups in total. The number of nitrogens with zero attached hydrogens (tertiary/aromatic N) is 2. The van der Waals surface area contributed by atoms with E-state index in [2.05, 4.69) is 143 Å². The molecule has 7 heteroatoms.